The molecule has 5 heteroatoms. The van der Waals surface area contributed by atoms with Gasteiger partial charge in [0.25, 0.3) is 5.91 Å². The van der Waals surface area contributed by atoms with Crippen molar-refractivity contribution in [1.29, 1.82) is 0 Å². The highest BCUT2D eigenvalue weighted by atomic mass is 16.5. The van der Waals surface area contributed by atoms with Gasteiger partial charge in [0.15, 0.2) is 0 Å². The molecule has 1 amide bonds. The molecule has 0 bridgehead atoms. The van der Waals surface area contributed by atoms with Crippen LogP contribution in [0.3, 0.4) is 0 Å². The van der Waals surface area contributed by atoms with E-state index in [2.05, 4.69) is 4.98 Å². The Kier molecular flexibility index (Phi) is 4.14. The Bertz CT molecular complexity index is 487. The number of nitrogens with zero attached hydrogens (tertiary/aromatic N) is 2. The SMILES string of the molecule is COC(=O)[C@H]1CCCCN1C(=O)c1cncc(C)c1. The molecule has 2 heterocycles. The maximum Gasteiger partial charge on any atom is 0.328 e. The van der Waals surface area contributed by atoms with Crippen LogP contribution in [0.1, 0.15) is 35.2 Å². The van der Waals surface area contributed by atoms with Gasteiger partial charge in [0.05, 0.1) is 12.7 Å². The molecule has 0 aliphatic carbocycles. The number of ether oxygens (including phenoxy) is 1. The van der Waals surface area contributed by atoms with Crippen LogP contribution in [0.2, 0.25) is 0 Å². The van der Waals surface area contributed by atoms with Gasteiger partial charge in [-0.15, -0.1) is 0 Å². The number of aromatic nitrogens is 1. The third-order valence-corrected chi connectivity index (χ3v) is 3.36. The number of likely N-dealkylation sites (tertiary alicyclic amines) is 1. The Labute approximate surface area is 112 Å². The summed E-state index contributed by atoms with van der Waals surface area (Å²) in [6.45, 7) is 2.48. The summed E-state index contributed by atoms with van der Waals surface area (Å²) in [6, 6.07) is 1.32. The molecule has 0 N–H and O–H groups in total. The second-order valence-corrected chi connectivity index (χ2v) is 4.78. The quantitative estimate of drug-likeness (QED) is 0.759. The topological polar surface area (TPSA) is 59.5 Å². The van der Waals surface area contributed by atoms with Crippen LogP contribution >= 0.6 is 0 Å². The van der Waals surface area contributed by atoms with Crippen LogP contribution in [0.15, 0.2) is 18.5 Å². The van der Waals surface area contributed by atoms with Crippen molar-refractivity contribution in [2.24, 2.45) is 0 Å². The molecule has 0 saturated carbocycles. The van der Waals surface area contributed by atoms with Crippen LogP contribution in [0, 0.1) is 6.92 Å². The van der Waals surface area contributed by atoms with Gasteiger partial charge in [-0.25, -0.2) is 4.79 Å². The lowest BCUT2D eigenvalue weighted by atomic mass is 10.0. The molecule has 1 aromatic heterocycles. The Morgan fingerprint density at radius 3 is 2.84 bits per heavy atom. The zero-order valence-electron chi connectivity index (χ0n) is 11.3. The van der Waals surface area contributed by atoms with E-state index < -0.39 is 6.04 Å². The molecule has 5 nitrogen and oxygen atoms in total. The maximum absolute atomic E-state index is 12.5. The Morgan fingerprint density at radius 1 is 1.37 bits per heavy atom. The van der Waals surface area contributed by atoms with Gasteiger partial charge in [-0.3, -0.25) is 9.78 Å². The minimum absolute atomic E-state index is 0.147. The number of hydrogen-bond acceptors (Lipinski definition) is 4. The summed E-state index contributed by atoms with van der Waals surface area (Å²) in [5.41, 5.74) is 1.45. The number of amides is 1. The van der Waals surface area contributed by atoms with E-state index in [0.29, 0.717) is 18.5 Å². The number of carbonyl (C=O) groups is 2. The molecular weight excluding hydrogens is 244 g/mol. The molecule has 0 unspecified atom stereocenters. The van der Waals surface area contributed by atoms with Crippen LogP contribution in [0.25, 0.3) is 0 Å². The average Bonchev–Trinajstić information content (AvgIpc) is 2.45. The van der Waals surface area contributed by atoms with Crippen molar-refractivity contribution in [3.05, 3.63) is 29.6 Å². The number of esters is 1. The molecule has 1 saturated heterocycles. The number of piperidine rings is 1. The highest BCUT2D eigenvalue weighted by molar-refractivity contribution is 5.96. The molecule has 1 aliphatic heterocycles. The summed E-state index contributed by atoms with van der Waals surface area (Å²) in [7, 11) is 1.35. The average molecular weight is 262 g/mol. The summed E-state index contributed by atoms with van der Waals surface area (Å²) in [5.74, 6) is -0.486. The van der Waals surface area contributed by atoms with Gasteiger partial charge in [0.2, 0.25) is 0 Å². The summed E-state index contributed by atoms with van der Waals surface area (Å²) in [5, 5.41) is 0. The smallest absolute Gasteiger partial charge is 0.328 e. The van der Waals surface area contributed by atoms with Crippen molar-refractivity contribution in [2.75, 3.05) is 13.7 Å². The highest BCUT2D eigenvalue weighted by Crippen LogP contribution is 2.20. The van der Waals surface area contributed by atoms with E-state index >= 15 is 0 Å². The van der Waals surface area contributed by atoms with Gasteiger partial charge >= 0.3 is 5.97 Å². The van der Waals surface area contributed by atoms with Crippen molar-refractivity contribution in [3.8, 4) is 0 Å². The minimum atomic E-state index is -0.466. The van der Waals surface area contributed by atoms with E-state index in [1.54, 1.807) is 17.2 Å². The fourth-order valence-electron chi connectivity index (χ4n) is 2.39. The van der Waals surface area contributed by atoms with Gasteiger partial charge < -0.3 is 9.64 Å². The number of pyridine rings is 1. The molecule has 0 aromatic carbocycles. The second-order valence-electron chi connectivity index (χ2n) is 4.78. The Balaban J connectivity index is 2.22. The van der Waals surface area contributed by atoms with E-state index in [4.69, 9.17) is 4.74 Å². The molecule has 0 radical (unpaired) electrons. The Morgan fingerprint density at radius 2 is 2.16 bits per heavy atom. The van der Waals surface area contributed by atoms with Crippen LogP contribution in [0.5, 0.6) is 0 Å². The first-order chi connectivity index (χ1) is 9.13. The standard InChI is InChI=1S/C14H18N2O3/c1-10-7-11(9-15-8-10)13(17)16-6-4-3-5-12(16)14(18)19-2/h7-9,12H,3-6H2,1-2H3/t12-/m1/s1. The van der Waals surface area contributed by atoms with Crippen LogP contribution in [-0.4, -0.2) is 41.5 Å². The number of hydrogen-bond donors (Lipinski definition) is 0. The van der Waals surface area contributed by atoms with Gasteiger partial charge in [-0.1, -0.05) is 0 Å². The molecular formula is C14H18N2O3. The lowest BCUT2D eigenvalue weighted by Crippen LogP contribution is -2.48. The summed E-state index contributed by atoms with van der Waals surface area (Å²) in [6.07, 6.45) is 5.76. The Hall–Kier alpha value is -1.91. The largest absolute Gasteiger partial charge is 0.467 e. The molecule has 1 aromatic rings. The number of methoxy groups -OCH3 is 1. The molecule has 0 spiro atoms. The fourth-order valence-corrected chi connectivity index (χ4v) is 2.39. The van der Waals surface area contributed by atoms with E-state index in [-0.39, 0.29) is 11.9 Å². The first-order valence-electron chi connectivity index (χ1n) is 6.44. The summed E-state index contributed by atoms with van der Waals surface area (Å²) < 4.78 is 4.78. The third-order valence-electron chi connectivity index (χ3n) is 3.36. The first kappa shape index (κ1) is 13.5. The monoisotopic (exact) mass is 262 g/mol. The molecule has 102 valence electrons. The van der Waals surface area contributed by atoms with Crippen LogP contribution in [-0.2, 0) is 9.53 Å². The summed E-state index contributed by atoms with van der Waals surface area (Å²) in [4.78, 5) is 29.8. The number of rotatable bonds is 2. The summed E-state index contributed by atoms with van der Waals surface area (Å²) >= 11 is 0. The van der Waals surface area contributed by atoms with Crippen LogP contribution in [0.4, 0.5) is 0 Å². The van der Waals surface area contributed by atoms with Crippen molar-refractivity contribution in [1.82, 2.24) is 9.88 Å². The predicted molar refractivity (Wildman–Crippen MR) is 69.7 cm³/mol. The molecule has 1 fully saturated rings. The molecule has 2 rings (SSSR count). The maximum atomic E-state index is 12.5. The zero-order valence-corrected chi connectivity index (χ0v) is 11.3. The van der Waals surface area contributed by atoms with E-state index in [0.717, 1.165) is 18.4 Å². The molecule has 19 heavy (non-hydrogen) atoms. The van der Waals surface area contributed by atoms with Crippen molar-refractivity contribution in [3.63, 3.8) is 0 Å². The number of carbonyl (C=O) groups excluding carboxylic acids is 2. The molecule has 1 atom stereocenters. The van der Waals surface area contributed by atoms with E-state index in [1.807, 2.05) is 6.92 Å². The highest BCUT2D eigenvalue weighted by Gasteiger charge is 2.33. The van der Waals surface area contributed by atoms with Crippen molar-refractivity contribution in [2.45, 2.75) is 32.2 Å². The normalized spacial score (nSPS) is 19.1. The zero-order chi connectivity index (χ0) is 13.8. The van der Waals surface area contributed by atoms with Gasteiger partial charge in [0, 0.05) is 18.9 Å². The molecule has 1 aliphatic rings. The van der Waals surface area contributed by atoms with Gasteiger partial charge in [-0.05, 0) is 37.8 Å². The lowest BCUT2D eigenvalue weighted by molar-refractivity contribution is -0.147. The first-order valence-corrected chi connectivity index (χ1v) is 6.44. The third kappa shape index (κ3) is 2.92. The minimum Gasteiger partial charge on any atom is -0.467 e. The van der Waals surface area contributed by atoms with Crippen molar-refractivity contribution < 1.29 is 14.3 Å². The van der Waals surface area contributed by atoms with Crippen LogP contribution < -0.4 is 0 Å². The van der Waals surface area contributed by atoms with Gasteiger partial charge in [0.1, 0.15) is 6.04 Å². The van der Waals surface area contributed by atoms with Gasteiger partial charge in [-0.2, -0.15) is 0 Å². The van der Waals surface area contributed by atoms with Crippen molar-refractivity contribution >= 4 is 11.9 Å². The number of aryl methyl sites for hydroxylation is 1. The predicted octanol–water partition coefficient (Wildman–Crippen LogP) is 1.56. The van der Waals surface area contributed by atoms with E-state index in [1.165, 1.54) is 13.3 Å². The van der Waals surface area contributed by atoms with E-state index in [9.17, 15) is 9.59 Å². The second kappa shape index (κ2) is 5.82. The lowest BCUT2D eigenvalue weighted by Gasteiger charge is -2.33. The fraction of sp³-hybridized carbons (Fsp3) is 0.500.